The maximum absolute atomic E-state index is 5.88. The summed E-state index contributed by atoms with van der Waals surface area (Å²) < 4.78 is 5.88. The number of benzene rings is 1. The summed E-state index contributed by atoms with van der Waals surface area (Å²) in [6, 6.07) is 6.65. The molecule has 4 bridgehead atoms. The maximum atomic E-state index is 5.88. The first-order valence-electron chi connectivity index (χ1n) is 9.96. The molecule has 24 heavy (non-hydrogen) atoms. The lowest BCUT2D eigenvalue weighted by atomic mass is 9.53. The third-order valence-electron chi connectivity index (χ3n) is 6.90. The molecular weight excluding hydrogens is 296 g/mol. The Morgan fingerprint density at radius 1 is 1.12 bits per heavy atom. The van der Waals surface area contributed by atoms with Crippen LogP contribution in [0.3, 0.4) is 0 Å². The second-order valence-electron chi connectivity index (χ2n) is 9.01. The topological polar surface area (TPSA) is 33.3 Å². The number of fused-ring (bicyclic) bond motifs is 1. The molecule has 4 aliphatic carbocycles. The van der Waals surface area contributed by atoms with Gasteiger partial charge in [0, 0.05) is 5.54 Å². The van der Waals surface area contributed by atoms with E-state index in [2.05, 4.69) is 35.8 Å². The van der Waals surface area contributed by atoms with Crippen molar-refractivity contribution in [2.75, 3.05) is 18.4 Å². The Morgan fingerprint density at radius 3 is 2.54 bits per heavy atom. The second-order valence-corrected chi connectivity index (χ2v) is 9.01. The maximum Gasteiger partial charge on any atom is 0.142 e. The van der Waals surface area contributed by atoms with E-state index in [0.717, 1.165) is 43.0 Å². The SMILES string of the molecule is CC1CNc2cc(CCNC34CC5CC(CC(C5)C3)C4)ccc2O1. The molecule has 1 atom stereocenters. The van der Waals surface area contributed by atoms with Gasteiger partial charge in [-0.05, 0) is 93.9 Å². The highest BCUT2D eigenvalue weighted by atomic mass is 16.5. The van der Waals surface area contributed by atoms with Gasteiger partial charge in [-0.15, -0.1) is 0 Å². The minimum absolute atomic E-state index is 0.265. The van der Waals surface area contributed by atoms with Gasteiger partial charge >= 0.3 is 0 Å². The molecule has 2 N–H and O–H groups in total. The van der Waals surface area contributed by atoms with E-state index < -0.39 is 0 Å². The summed E-state index contributed by atoms with van der Waals surface area (Å²) in [5.74, 6) is 4.08. The average molecular weight is 326 g/mol. The first-order valence-corrected chi connectivity index (χ1v) is 9.96. The third-order valence-corrected chi connectivity index (χ3v) is 6.90. The van der Waals surface area contributed by atoms with Gasteiger partial charge in [-0.3, -0.25) is 0 Å². The fourth-order valence-corrected chi connectivity index (χ4v) is 6.28. The molecule has 5 aliphatic rings. The van der Waals surface area contributed by atoms with Gasteiger partial charge in [0.15, 0.2) is 0 Å². The Morgan fingerprint density at radius 2 is 1.83 bits per heavy atom. The van der Waals surface area contributed by atoms with Crippen LogP contribution in [-0.2, 0) is 6.42 Å². The zero-order valence-corrected chi connectivity index (χ0v) is 14.8. The van der Waals surface area contributed by atoms with Crippen molar-refractivity contribution < 1.29 is 4.74 Å². The summed E-state index contributed by atoms with van der Waals surface area (Å²) in [7, 11) is 0. The van der Waals surface area contributed by atoms with Crippen LogP contribution in [0, 0.1) is 17.8 Å². The number of nitrogens with one attached hydrogen (secondary N) is 2. The van der Waals surface area contributed by atoms with Crippen molar-refractivity contribution in [3.8, 4) is 5.75 Å². The zero-order chi connectivity index (χ0) is 16.1. The summed E-state index contributed by atoms with van der Waals surface area (Å²) >= 11 is 0. The van der Waals surface area contributed by atoms with Crippen molar-refractivity contribution in [3.63, 3.8) is 0 Å². The highest BCUT2D eigenvalue weighted by molar-refractivity contribution is 5.59. The van der Waals surface area contributed by atoms with E-state index in [0.29, 0.717) is 5.54 Å². The van der Waals surface area contributed by atoms with Crippen molar-refractivity contribution in [2.45, 2.75) is 63.5 Å². The van der Waals surface area contributed by atoms with Gasteiger partial charge in [0.2, 0.25) is 0 Å². The minimum Gasteiger partial charge on any atom is -0.487 e. The fourth-order valence-electron chi connectivity index (χ4n) is 6.28. The van der Waals surface area contributed by atoms with Crippen LogP contribution in [0.2, 0.25) is 0 Å². The van der Waals surface area contributed by atoms with E-state index >= 15 is 0 Å². The first-order chi connectivity index (χ1) is 11.7. The number of anilines is 1. The van der Waals surface area contributed by atoms with Crippen molar-refractivity contribution in [2.24, 2.45) is 17.8 Å². The van der Waals surface area contributed by atoms with Gasteiger partial charge < -0.3 is 15.4 Å². The quantitative estimate of drug-likeness (QED) is 0.878. The van der Waals surface area contributed by atoms with Crippen molar-refractivity contribution in [3.05, 3.63) is 23.8 Å². The molecule has 6 rings (SSSR count). The molecule has 130 valence electrons. The van der Waals surface area contributed by atoms with E-state index in [4.69, 9.17) is 4.74 Å². The third kappa shape index (κ3) is 2.71. The predicted molar refractivity (Wildman–Crippen MR) is 97.6 cm³/mol. The zero-order valence-electron chi connectivity index (χ0n) is 14.8. The lowest BCUT2D eigenvalue weighted by Crippen LogP contribution is -2.58. The average Bonchev–Trinajstić information content (AvgIpc) is 2.53. The van der Waals surface area contributed by atoms with Gasteiger partial charge in [-0.25, -0.2) is 0 Å². The second kappa shape index (κ2) is 5.66. The highest BCUT2D eigenvalue weighted by Crippen LogP contribution is 2.55. The van der Waals surface area contributed by atoms with Gasteiger partial charge in [-0.2, -0.15) is 0 Å². The Kier molecular flexibility index (Phi) is 3.55. The summed E-state index contributed by atoms with van der Waals surface area (Å²) in [4.78, 5) is 0. The van der Waals surface area contributed by atoms with Crippen molar-refractivity contribution in [1.29, 1.82) is 0 Å². The van der Waals surface area contributed by atoms with Gasteiger partial charge in [0.1, 0.15) is 11.9 Å². The smallest absolute Gasteiger partial charge is 0.142 e. The summed E-state index contributed by atoms with van der Waals surface area (Å²) in [6.45, 7) is 4.13. The number of hydrogen-bond acceptors (Lipinski definition) is 3. The number of rotatable bonds is 4. The van der Waals surface area contributed by atoms with Crippen LogP contribution in [0.5, 0.6) is 5.75 Å². The highest BCUT2D eigenvalue weighted by Gasteiger charge is 2.50. The van der Waals surface area contributed by atoms with E-state index in [1.54, 1.807) is 0 Å². The molecule has 0 saturated heterocycles. The molecule has 3 nitrogen and oxygen atoms in total. The predicted octanol–water partition coefficient (Wildman–Crippen LogP) is 3.98. The Bertz CT molecular complexity index is 591. The molecular formula is C21H30N2O. The van der Waals surface area contributed by atoms with E-state index in [9.17, 15) is 0 Å². The fraction of sp³-hybridized carbons (Fsp3) is 0.714. The molecule has 1 aromatic carbocycles. The normalized spacial score (nSPS) is 39.2. The minimum atomic E-state index is 0.265. The molecule has 0 amide bonds. The molecule has 1 aliphatic heterocycles. The lowest BCUT2D eigenvalue weighted by Gasteiger charge is -2.57. The van der Waals surface area contributed by atoms with Crippen LogP contribution in [0.15, 0.2) is 18.2 Å². The monoisotopic (exact) mass is 326 g/mol. The Labute approximate surface area is 145 Å². The molecule has 0 radical (unpaired) electrons. The molecule has 0 spiro atoms. The van der Waals surface area contributed by atoms with Crippen LogP contribution in [0.4, 0.5) is 5.69 Å². The lowest BCUT2D eigenvalue weighted by molar-refractivity contribution is -0.0192. The van der Waals surface area contributed by atoms with Crippen LogP contribution >= 0.6 is 0 Å². The molecule has 4 saturated carbocycles. The van der Waals surface area contributed by atoms with E-state index in [-0.39, 0.29) is 6.10 Å². The van der Waals surface area contributed by atoms with Crippen LogP contribution < -0.4 is 15.4 Å². The summed E-state index contributed by atoms with van der Waals surface area (Å²) in [5, 5.41) is 7.50. The van der Waals surface area contributed by atoms with Gasteiger partial charge in [0.05, 0.1) is 12.2 Å². The number of hydrogen-bond donors (Lipinski definition) is 2. The molecule has 3 heteroatoms. The van der Waals surface area contributed by atoms with Crippen molar-refractivity contribution >= 4 is 5.69 Å². The molecule has 4 fully saturated rings. The van der Waals surface area contributed by atoms with Crippen LogP contribution in [0.1, 0.15) is 51.0 Å². The van der Waals surface area contributed by atoms with E-state index in [1.807, 2.05) is 0 Å². The van der Waals surface area contributed by atoms with Gasteiger partial charge in [-0.1, -0.05) is 6.07 Å². The molecule has 1 unspecified atom stereocenters. The van der Waals surface area contributed by atoms with E-state index in [1.165, 1.54) is 49.8 Å². The Balaban J connectivity index is 1.21. The molecule has 0 aromatic heterocycles. The van der Waals surface area contributed by atoms with Gasteiger partial charge in [0.25, 0.3) is 0 Å². The van der Waals surface area contributed by atoms with Crippen LogP contribution in [-0.4, -0.2) is 24.7 Å². The standard InChI is InChI=1S/C21H30N2O/c1-14-13-22-19-9-15(2-3-20(19)24-14)4-5-23-21-10-16-6-17(11-21)8-18(7-16)12-21/h2-3,9,14,16-18,22-23H,4-8,10-13H2,1H3. The van der Waals surface area contributed by atoms with Crippen LogP contribution in [0.25, 0.3) is 0 Å². The first kappa shape index (κ1) is 15.1. The Hall–Kier alpha value is -1.22. The summed E-state index contributed by atoms with van der Waals surface area (Å²) in [5.41, 5.74) is 3.07. The molecule has 1 heterocycles. The van der Waals surface area contributed by atoms with Crippen molar-refractivity contribution in [1.82, 2.24) is 5.32 Å². The molecule has 1 aromatic rings. The largest absolute Gasteiger partial charge is 0.487 e. The number of ether oxygens (including phenoxy) is 1. The summed E-state index contributed by atoms with van der Waals surface area (Å²) in [6.07, 6.45) is 10.3.